The zero-order chi connectivity index (χ0) is 9.10. The second-order valence-electron chi connectivity index (χ2n) is 2.51. The lowest BCUT2D eigenvalue weighted by atomic mass is 10.4. The third-order valence-electron chi connectivity index (χ3n) is 1.69. The van der Waals surface area contributed by atoms with E-state index < -0.39 is 0 Å². The molecule has 0 aromatic carbocycles. The van der Waals surface area contributed by atoms with Crippen LogP contribution >= 0.6 is 0 Å². The molecular formula is C8H9N5. The van der Waals surface area contributed by atoms with Crippen molar-refractivity contribution in [1.29, 1.82) is 0 Å². The Hall–Kier alpha value is -1.88. The molecule has 0 spiro atoms. The zero-order valence-electron chi connectivity index (χ0n) is 6.88. The van der Waals surface area contributed by atoms with Gasteiger partial charge in [-0.25, -0.2) is 15.8 Å². The summed E-state index contributed by atoms with van der Waals surface area (Å²) in [6.07, 6.45) is 6.98. The van der Waals surface area contributed by atoms with Crippen LogP contribution in [0.25, 0.3) is 5.69 Å². The maximum Gasteiger partial charge on any atom is 0.141 e. The van der Waals surface area contributed by atoms with Gasteiger partial charge in [0.15, 0.2) is 0 Å². The van der Waals surface area contributed by atoms with Crippen LogP contribution in [0.5, 0.6) is 0 Å². The third kappa shape index (κ3) is 1.50. The van der Waals surface area contributed by atoms with E-state index in [9.17, 15) is 0 Å². The molecule has 5 heteroatoms. The highest BCUT2D eigenvalue weighted by Gasteiger charge is 1.96. The molecule has 0 aliphatic carbocycles. The number of hydrazine groups is 1. The van der Waals surface area contributed by atoms with Crippen molar-refractivity contribution in [2.45, 2.75) is 0 Å². The quantitative estimate of drug-likeness (QED) is 0.516. The van der Waals surface area contributed by atoms with Gasteiger partial charge in [0.25, 0.3) is 0 Å². The highest BCUT2D eigenvalue weighted by molar-refractivity contribution is 5.43. The lowest BCUT2D eigenvalue weighted by molar-refractivity contribution is 1.04. The van der Waals surface area contributed by atoms with Crippen LogP contribution in [-0.4, -0.2) is 14.5 Å². The predicted octanol–water partition coefficient (Wildman–Crippen LogP) is 0.553. The summed E-state index contributed by atoms with van der Waals surface area (Å²) in [7, 11) is 0. The second-order valence-corrected chi connectivity index (χ2v) is 2.51. The Morgan fingerprint density at radius 3 is 3.00 bits per heavy atom. The lowest BCUT2D eigenvalue weighted by Gasteiger charge is -2.03. The Balaban J connectivity index is 2.41. The fraction of sp³-hybridized carbons (Fsp3) is 0. The van der Waals surface area contributed by atoms with Crippen molar-refractivity contribution in [3.8, 4) is 5.69 Å². The molecule has 0 amide bonds. The molecule has 3 N–H and O–H groups in total. The van der Waals surface area contributed by atoms with Crippen LogP contribution in [0.4, 0.5) is 5.82 Å². The number of nitrogen functional groups attached to an aromatic ring is 1. The van der Waals surface area contributed by atoms with Crippen molar-refractivity contribution in [3.05, 3.63) is 37.1 Å². The van der Waals surface area contributed by atoms with Gasteiger partial charge in [0, 0.05) is 24.7 Å². The molecule has 0 fully saturated rings. The number of anilines is 1. The van der Waals surface area contributed by atoms with Gasteiger partial charge in [0.2, 0.25) is 0 Å². The number of nitrogens with two attached hydrogens (primary N) is 1. The molecule has 66 valence electrons. The molecule has 5 nitrogen and oxygen atoms in total. The minimum Gasteiger partial charge on any atom is -0.308 e. The van der Waals surface area contributed by atoms with Crippen molar-refractivity contribution in [3.63, 3.8) is 0 Å². The number of nitrogens with zero attached hydrogens (tertiary/aromatic N) is 3. The molecule has 2 rings (SSSR count). The first kappa shape index (κ1) is 7.75. The fourth-order valence-electron chi connectivity index (χ4n) is 1.07. The first-order chi connectivity index (χ1) is 6.40. The Kier molecular flexibility index (Phi) is 1.93. The van der Waals surface area contributed by atoms with Gasteiger partial charge in [-0.1, -0.05) is 0 Å². The van der Waals surface area contributed by atoms with Crippen LogP contribution in [0, 0.1) is 0 Å². The molecule has 0 atom stereocenters. The zero-order valence-corrected chi connectivity index (χ0v) is 6.88. The summed E-state index contributed by atoms with van der Waals surface area (Å²) < 4.78 is 1.88. The van der Waals surface area contributed by atoms with Crippen molar-refractivity contribution in [1.82, 2.24) is 14.5 Å². The van der Waals surface area contributed by atoms with Crippen molar-refractivity contribution in [2.75, 3.05) is 5.43 Å². The van der Waals surface area contributed by atoms with Gasteiger partial charge in [-0.05, 0) is 6.07 Å². The van der Waals surface area contributed by atoms with E-state index in [1.54, 1.807) is 18.7 Å². The summed E-state index contributed by atoms with van der Waals surface area (Å²) in [5.74, 6) is 5.87. The van der Waals surface area contributed by atoms with Crippen LogP contribution in [0.2, 0.25) is 0 Å². The monoisotopic (exact) mass is 175 g/mol. The van der Waals surface area contributed by atoms with Gasteiger partial charge in [0.1, 0.15) is 5.82 Å². The molecule has 0 saturated carbocycles. The maximum absolute atomic E-state index is 5.23. The standard InChI is InChI=1S/C8H9N5/c9-12-8-5-7(1-2-11-8)13-4-3-10-6-13/h1-6H,9H2,(H,11,12). The molecule has 0 aliphatic rings. The average molecular weight is 175 g/mol. The summed E-state index contributed by atoms with van der Waals surface area (Å²) in [5, 5.41) is 0. The number of nitrogens with one attached hydrogen (secondary N) is 1. The molecule has 13 heavy (non-hydrogen) atoms. The van der Waals surface area contributed by atoms with E-state index in [-0.39, 0.29) is 0 Å². The fourth-order valence-corrected chi connectivity index (χ4v) is 1.07. The maximum atomic E-state index is 5.23. The first-order valence-electron chi connectivity index (χ1n) is 3.81. The molecule has 0 radical (unpaired) electrons. The van der Waals surface area contributed by atoms with E-state index in [2.05, 4.69) is 15.4 Å². The molecule has 0 saturated heterocycles. The summed E-state index contributed by atoms with van der Waals surface area (Å²) in [5.41, 5.74) is 3.46. The van der Waals surface area contributed by atoms with Gasteiger partial charge in [-0.15, -0.1) is 0 Å². The minimum absolute atomic E-state index is 0.631. The Bertz CT molecular complexity index is 381. The van der Waals surface area contributed by atoms with Gasteiger partial charge < -0.3 is 9.99 Å². The second kappa shape index (κ2) is 3.24. The Morgan fingerprint density at radius 2 is 2.31 bits per heavy atom. The SMILES string of the molecule is NNc1cc(-n2ccnc2)ccn1. The largest absolute Gasteiger partial charge is 0.308 e. The number of hydrogen-bond donors (Lipinski definition) is 2. The van der Waals surface area contributed by atoms with Crippen molar-refractivity contribution in [2.24, 2.45) is 5.84 Å². The molecule has 0 unspecified atom stereocenters. The Morgan fingerprint density at radius 1 is 1.38 bits per heavy atom. The van der Waals surface area contributed by atoms with Crippen molar-refractivity contribution >= 4 is 5.82 Å². The predicted molar refractivity (Wildman–Crippen MR) is 49.2 cm³/mol. The summed E-state index contributed by atoms with van der Waals surface area (Å²) in [6, 6.07) is 3.71. The highest BCUT2D eigenvalue weighted by atomic mass is 15.2. The van der Waals surface area contributed by atoms with E-state index in [4.69, 9.17) is 5.84 Å². The lowest BCUT2D eigenvalue weighted by Crippen LogP contribution is -2.08. The highest BCUT2D eigenvalue weighted by Crippen LogP contribution is 2.09. The number of aromatic nitrogens is 3. The molecule has 0 aliphatic heterocycles. The van der Waals surface area contributed by atoms with Crippen molar-refractivity contribution < 1.29 is 0 Å². The molecule has 2 aromatic heterocycles. The van der Waals surface area contributed by atoms with Crippen LogP contribution in [0.15, 0.2) is 37.1 Å². The smallest absolute Gasteiger partial charge is 0.141 e. The summed E-state index contributed by atoms with van der Waals surface area (Å²) in [4.78, 5) is 7.94. The molecular weight excluding hydrogens is 166 g/mol. The molecule has 2 heterocycles. The van der Waals surface area contributed by atoms with Gasteiger partial charge >= 0.3 is 0 Å². The van der Waals surface area contributed by atoms with E-state index in [1.165, 1.54) is 0 Å². The van der Waals surface area contributed by atoms with Crippen LogP contribution in [0.3, 0.4) is 0 Å². The van der Waals surface area contributed by atoms with Crippen LogP contribution in [0.1, 0.15) is 0 Å². The van der Waals surface area contributed by atoms with Crippen LogP contribution < -0.4 is 11.3 Å². The summed E-state index contributed by atoms with van der Waals surface area (Å²) in [6.45, 7) is 0. The molecule has 0 bridgehead atoms. The van der Waals surface area contributed by atoms with Crippen LogP contribution in [-0.2, 0) is 0 Å². The minimum atomic E-state index is 0.631. The van der Waals surface area contributed by atoms with E-state index in [0.29, 0.717) is 5.82 Å². The first-order valence-corrected chi connectivity index (χ1v) is 3.81. The summed E-state index contributed by atoms with van der Waals surface area (Å²) >= 11 is 0. The normalized spacial score (nSPS) is 9.92. The van der Waals surface area contributed by atoms with E-state index in [1.807, 2.05) is 22.9 Å². The number of rotatable bonds is 2. The van der Waals surface area contributed by atoms with Gasteiger partial charge in [-0.2, -0.15) is 0 Å². The van der Waals surface area contributed by atoms with Gasteiger partial charge in [-0.3, -0.25) is 0 Å². The Labute approximate surface area is 75.2 Å². The topological polar surface area (TPSA) is 68.8 Å². The number of imidazole rings is 1. The van der Waals surface area contributed by atoms with E-state index in [0.717, 1.165) is 5.69 Å². The number of pyridine rings is 1. The number of hydrogen-bond acceptors (Lipinski definition) is 4. The molecule has 2 aromatic rings. The third-order valence-corrected chi connectivity index (χ3v) is 1.69. The van der Waals surface area contributed by atoms with Gasteiger partial charge in [0.05, 0.1) is 12.0 Å². The van der Waals surface area contributed by atoms with E-state index >= 15 is 0 Å². The average Bonchev–Trinajstić information content (AvgIpc) is 2.71.